The molecule has 5 nitrogen and oxygen atoms in total. The number of anilines is 1. The molecule has 0 spiro atoms. The Morgan fingerprint density at radius 3 is 2.19 bits per heavy atom. The lowest BCUT2D eigenvalue weighted by Gasteiger charge is -2.11. The summed E-state index contributed by atoms with van der Waals surface area (Å²) in [7, 11) is 0. The number of ketones is 1. The maximum Gasteiger partial charge on any atom is 0.338 e. The molecule has 0 bridgehead atoms. The van der Waals surface area contributed by atoms with Crippen LogP contribution in [0.5, 0.6) is 0 Å². The van der Waals surface area contributed by atoms with E-state index in [1.54, 1.807) is 30.3 Å². The number of amides is 1. The number of hydrogen-bond donors (Lipinski definition) is 2. The number of rotatable bonds is 4. The molecular formula is C16H13NO4. The first-order valence-corrected chi connectivity index (χ1v) is 6.24. The second-order valence-electron chi connectivity index (χ2n) is 4.41. The first-order valence-electron chi connectivity index (χ1n) is 6.24. The highest BCUT2D eigenvalue weighted by Gasteiger charge is 2.21. The number of carboxylic acids is 1. The number of carbonyl (C=O) groups is 3. The first kappa shape index (κ1) is 14.5. The predicted octanol–water partition coefficient (Wildman–Crippen LogP) is 2.57. The van der Waals surface area contributed by atoms with Gasteiger partial charge >= 0.3 is 5.97 Å². The molecule has 0 atom stereocenters. The standard InChI is InChI=1S/C16H13NO4/c1-10(18)17-13-9-5-8-12(14(13)16(20)21)15(19)11-6-3-2-4-7-11/h2-9H,1H3,(H,17,18)(H,20,21). The van der Waals surface area contributed by atoms with Crippen LogP contribution in [-0.4, -0.2) is 22.8 Å². The molecule has 0 saturated heterocycles. The molecule has 21 heavy (non-hydrogen) atoms. The van der Waals surface area contributed by atoms with E-state index in [9.17, 15) is 19.5 Å². The summed E-state index contributed by atoms with van der Waals surface area (Å²) in [5.74, 6) is -2.07. The van der Waals surface area contributed by atoms with Crippen molar-refractivity contribution in [1.29, 1.82) is 0 Å². The quantitative estimate of drug-likeness (QED) is 0.845. The van der Waals surface area contributed by atoms with Crippen LogP contribution in [-0.2, 0) is 4.79 Å². The molecule has 0 aromatic heterocycles. The minimum atomic E-state index is -1.27. The Morgan fingerprint density at radius 2 is 1.62 bits per heavy atom. The van der Waals surface area contributed by atoms with Gasteiger partial charge in [0, 0.05) is 18.1 Å². The van der Waals surface area contributed by atoms with E-state index >= 15 is 0 Å². The van der Waals surface area contributed by atoms with Crippen molar-refractivity contribution in [3.8, 4) is 0 Å². The fraction of sp³-hybridized carbons (Fsp3) is 0.0625. The minimum absolute atomic E-state index is 0.0416. The first-order chi connectivity index (χ1) is 10.0. The molecule has 2 N–H and O–H groups in total. The fourth-order valence-electron chi connectivity index (χ4n) is 2.01. The topological polar surface area (TPSA) is 83.5 Å². The van der Waals surface area contributed by atoms with Crippen LogP contribution in [0.1, 0.15) is 33.2 Å². The van der Waals surface area contributed by atoms with E-state index in [0.29, 0.717) is 5.56 Å². The summed E-state index contributed by atoms with van der Waals surface area (Å²) < 4.78 is 0. The van der Waals surface area contributed by atoms with Crippen molar-refractivity contribution in [1.82, 2.24) is 0 Å². The highest BCUT2D eigenvalue weighted by atomic mass is 16.4. The Balaban J connectivity index is 2.56. The minimum Gasteiger partial charge on any atom is -0.478 e. The highest BCUT2D eigenvalue weighted by Crippen LogP contribution is 2.23. The van der Waals surface area contributed by atoms with E-state index in [0.717, 1.165) is 0 Å². The molecule has 0 fully saturated rings. The molecule has 2 aromatic carbocycles. The van der Waals surface area contributed by atoms with Crippen molar-refractivity contribution in [2.75, 3.05) is 5.32 Å². The molecule has 0 unspecified atom stereocenters. The molecule has 2 aromatic rings. The van der Waals surface area contributed by atoms with E-state index in [4.69, 9.17) is 0 Å². The molecule has 0 heterocycles. The number of hydrogen-bond acceptors (Lipinski definition) is 3. The average Bonchev–Trinajstić information content (AvgIpc) is 2.46. The molecule has 106 valence electrons. The van der Waals surface area contributed by atoms with Gasteiger partial charge in [0.15, 0.2) is 5.78 Å². The number of benzene rings is 2. The Kier molecular flexibility index (Phi) is 4.13. The van der Waals surface area contributed by atoms with E-state index in [-0.39, 0.29) is 16.8 Å². The second-order valence-corrected chi connectivity index (χ2v) is 4.41. The van der Waals surface area contributed by atoms with E-state index < -0.39 is 17.7 Å². The lowest BCUT2D eigenvalue weighted by molar-refractivity contribution is -0.114. The fourth-order valence-corrected chi connectivity index (χ4v) is 2.01. The van der Waals surface area contributed by atoms with Crippen LogP contribution >= 0.6 is 0 Å². The Bertz CT molecular complexity index is 707. The van der Waals surface area contributed by atoms with Crippen molar-refractivity contribution in [3.63, 3.8) is 0 Å². The maximum atomic E-state index is 12.4. The van der Waals surface area contributed by atoms with Crippen LogP contribution in [0.4, 0.5) is 5.69 Å². The number of nitrogens with one attached hydrogen (secondary N) is 1. The molecule has 0 aliphatic heterocycles. The average molecular weight is 283 g/mol. The molecule has 0 aliphatic rings. The molecule has 0 saturated carbocycles. The van der Waals surface area contributed by atoms with Gasteiger partial charge in [0.25, 0.3) is 0 Å². The molecule has 2 rings (SSSR count). The van der Waals surface area contributed by atoms with Crippen molar-refractivity contribution < 1.29 is 19.5 Å². The van der Waals surface area contributed by atoms with E-state index in [1.807, 2.05) is 0 Å². The summed E-state index contributed by atoms with van der Waals surface area (Å²) in [5.41, 5.74) is 0.332. The van der Waals surface area contributed by atoms with Gasteiger partial charge in [-0.05, 0) is 6.07 Å². The molecule has 1 amide bonds. The van der Waals surface area contributed by atoms with Crippen LogP contribution in [0.15, 0.2) is 48.5 Å². The summed E-state index contributed by atoms with van der Waals surface area (Å²) in [6.07, 6.45) is 0. The van der Waals surface area contributed by atoms with Crippen molar-refractivity contribution in [2.45, 2.75) is 6.92 Å². The summed E-state index contributed by atoms with van der Waals surface area (Å²) in [4.78, 5) is 35.0. The molecule has 5 heteroatoms. The van der Waals surface area contributed by atoms with Crippen LogP contribution < -0.4 is 5.32 Å². The Hall–Kier alpha value is -2.95. The molecular weight excluding hydrogens is 270 g/mol. The Labute approximate surface area is 121 Å². The largest absolute Gasteiger partial charge is 0.478 e. The van der Waals surface area contributed by atoms with Crippen molar-refractivity contribution in [3.05, 3.63) is 65.2 Å². The maximum absolute atomic E-state index is 12.4. The lowest BCUT2D eigenvalue weighted by Crippen LogP contribution is -2.15. The molecule has 0 aliphatic carbocycles. The predicted molar refractivity (Wildman–Crippen MR) is 77.6 cm³/mol. The SMILES string of the molecule is CC(=O)Nc1cccc(C(=O)c2ccccc2)c1C(=O)O. The summed E-state index contributed by atoms with van der Waals surface area (Å²) in [6.45, 7) is 1.28. The van der Waals surface area contributed by atoms with Crippen molar-refractivity contribution >= 4 is 23.3 Å². The van der Waals surface area contributed by atoms with Gasteiger partial charge < -0.3 is 10.4 Å². The van der Waals surface area contributed by atoms with Gasteiger partial charge in [-0.15, -0.1) is 0 Å². The van der Waals surface area contributed by atoms with Gasteiger partial charge in [-0.1, -0.05) is 42.5 Å². The zero-order valence-corrected chi connectivity index (χ0v) is 11.3. The smallest absolute Gasteiger partial charge is 0.338 e. The monoisotopic (exact) mass is 283 g/mol. The van der Waals surface area contributed by atoms with E-state index in [2.05, 4.69) is 5.32 Å². The van der Waals surface area contributed by atoms with Gasteiger partial charge in [-0.25, -0.2) is 4.79 Å². The van der Waals surface area contributed by atoms with Gasteiger partial charge in [0.2, 0.25) is 5.91 Å². The number of aromatic carboxylic acids is 1. The summed E-state index contributed by atoms with van der Waals surface area (Å²) >= 11 is 0. The number of carboxylic acid groups (broad SMARTS) is 1. The number of carbonyl (C=O) groups excluding carboxylic acids is 2. The van der Waals surface area contributed by atoms with Gasteiger partial charge in [-0.2, -0.15) is 0 Å². The van der Waals surface area contributed by atoms with Crippen LogP contribution in [0.25, 0.3) is 0 Å². The van der Waals surface area contributed by atoms with Crippen LogP contribution in [0, 0.1) is 0 Å². The van der Waals surface area contributed by atoms with E-state index in [1.165, 1.54) is 25.1 Å². The third-order valence-electron chi connectivity index (χ3n) is 2.87. The summed E-state index contributed by atoms with van der Waals surface area (Å²) in [5, 5.41) is 11.8. The molecule has 0 radical (unpaired) electrons. The van der Waals surface area contributed by atoms with Crippen LogP contribution in [0.3, 0.4) is 0 Å². The van der Waals surface area contributed by atoms with Gasteiger partial charge in [0.1, 0.15) is 0 Å². The third kappa shape index (κ3) is 3.14. The zero-order chi connectivity index (χ0) is 15.4. The van der Waals surface area contributed by atoms with Crippen molar-refractivity contribution in [2.24, 2.45) is 0 Å². The highest BCUT2D eigenvalue weighted by molar-refractivity contribution is 6.16. The summed E-state index contributed by atoms with van der Waals surface area (Å²) in [6, 6.07) is 12.8. The van der Waals surface area contributed by atoms with Gasteiger partial charge in [0.05, 0.1) is 11.3 Å². The normalized spacial score (nSPS) is 9.95. The Morgan fingerprint density at radius 1 is 0.952 bits per heavy atom. The van der Waals surface area contributed by atoms with Gasteiger partial charge in [-0.3, -0.25) is 9.59 Å². The second kappa shape index (κ2) is 6.00. The lowest BCUT2D eigenvalue weighted by atomic mass is 9.97. The van der Waals surface area contributed by atoms with Crippen LogP contribution in [0.2, 0.25) is 0 Å². The third-order valence-corrected chi connectivity index (χ3v) is 2.87. The zero-order valence-electron chi connectivity index (χ0n) is 11.3.